The quantitative estimate of drug-likeness (QED) is 0.268. The van der Waals surface area contributed by atoms with Crippen molar-refractivity contribution in [3.63, 3.8) is 0 Å². The number of nitrogens with zero attached hydrogens (tertiary/aromatic N) is 6. The molecule has 5 rings (SSSR count). The molecule has 1 atom stereocenters. The van der Waals surface area contributed by atoms with Gasteiger partial charge >= 0.3 is 6.09 Å². The topological polar surface area (TPSA) is 105 Å². The summed E-state index contributed by atoms with van der Waals surface area (Å²) in [6.45, 7) is 8.76. The van der Waals surface area contributed by atoms with Gasteiger partial charge in [0.2, 0.25) is 0 Å². The maximum absolute atomic E-state index is 14.0. The maximum Gasteiger partial charge on any atom is 0.410 e. The minimum Gasteiger partial charge on any atom is -0.444 e. The smallest absolute Gasteiger partial charge is 0.410 e. The molecule has 0 saturated carbocycles. The van der Waals surface area contributed by atoms with Crippen LogP contribution in [0.2, 0.25) is 0 Å². The first-order valence-electron chi connectivity index (χ1n) is 13.2. The number of fused-ring (bicyclic) bond motifs is 2. The molecule has 4 heterocycles. The average Bonchev–Trinajstić information content (AvgIpc) is 3.54. The SMILES string of the molecule is CC(CN(CCc1nc2c(NCc3ncccc3F)ncnc2s1)C(=O)OC(C)(C)C)C1=Nc2ccccc2C1. The lowest BCUT2D eigenvalue weighted by Crippen LogP contribution is -2.41. The summed E-state index contributed by atoms with van der Waals surface area (Å²) in [6.07, 6.45) is 3.95. The molecule has 0 spiro atoms. The summed E-state index contributed by atoms with van der Waals surface area (Å²) in [7, 11) is 0. The summed E-state index contributed by atoms with van der Waals surface area (Å²) in [5.41, 5.74) is 3.55. The van der Waals surface area contributed by atoms with Gasteiger partial charge in [0.15, 0.2) is 5.82 Å². The number of aromatic nitrogens is 4. The highest BCUT2D eigenvalue weighted by Crippen LogP contribution is 2.29. The molecule has 0 radical (unpaired) electrons. The van der Waals surface area contributed by atoms with Crippen LogP contribution in [0.25, 0.3) is 10.3 Å². The van der Waals surface area contributed by atoms with Crippen molar-refractivity contribution >= 4 is 45.0 Å². The Bertz CT molecular complexity index is 1550. The van der Waals surface area contributed by atoms with Crippen LogP contribution >= 0.6 is 11.3 Å². The number of amides is 1. The average molecular weight is 562 g/mol. The van der Waals surface area contributed by atoms with Gasteiger partial charge in [-0.25, -0.2) is 24.1 Å². The van der Waals surface area contributed by atoms with E-state index in [1.54, 1.807) is 17.2 Å². The van der Waals surface area contributed by atoms with E-state index in [1.807, 2.05) is 39.0 Å². The Labute approximate surface area is 236 Å². The highest BCUT2D eigenvalue weighted by molar-refractivity contribution is 7.18. The van der Waals surface area contributed by atoms with Crippen molar-refractivity contribution in [2.75, 3.05) is 18.4 Å². The molecule has 4 aromatic rings. The molecule has 0 aliphatic carbocycles. The minimum atomic E-state index is -0.612. The predicted octanol–water partition coefficient (Wildman–Crippen LogP) is 5.98. The van der Waals surface area contributed by atoms with E-state index in [-0.39, 0.29) is 24.4 Å². The number of carbonyl (C=O) groups is 1. The van der Waals surface area contributed by atoms with Crippen molar-refractivity contribution in [2.24, 2.45) is 10.9 Å². The number of hydrogen-bond acceptors (Lipinski definition) is 9. The van der Waals surface area contributed by atoms with Gasteiger partial charge in [0.25, 0.3) is 0 Å². The van der Waals surface area contributed by atoms with Gasteiger partial charge in [-0.05, 0) is 44.5 Å². The number of anilines is 1. The van der Waals surface area contributed by atoms with Gasteiger partial charge in [-0.3, -0.25) is 9.98 Å². The van der Waals surface area contributed by atoms with Gasteiger partial charge in [-0.15, -0.1) is 0 Å². The van der Waals surface area contributed by atoms with Crippen LogP contribution in [0.15, 0.2) is 53.9 Å². The summed E-state index contributed by atoms with van der Waals surface area (Å²) >= 11 is 1.44. The van der Waals surface area contributed by atoms with E-state index in [1.165, 1.54) is 29.3 Å². The number of pyridine rings is 1. The van der Waals surface area contributed by atoms with E-state index in [9.17, 15) is 9.18 Å². The molecule has 0 fully saturated rings. The molecule has 208 valence electrons. The fourth-order valence-electron chi connectivity index (χ4n) is 4.44. The van der Waals surface area contributed by atoms with Gasteiger partial charge in [-0.2, -0.15) is 0 Å². The Morgan fingerprint density at radius 3 is 2.77 bits per heavy atom. The third kappa shape index (κ3) is 6.59. The number of nitrogens with one attached hydrogen (secondary N) is 1. The van der Waals surface area contributed by atoms with Crippen LogP contribution < -0.4 is 5.32 Å². The molecule has 1 N–H and O–H groups in total. The van der Waals surface area contributed by atoms with E-state index in [0.29, 0.717) is 41.4 Å². The summed E-state index contributed by atoms with van der Waals surface area (Å²) in [5.74, 6) is 0.182. The zero-order valence-corrected chi connectivity index (χ0v) is 23.8. The Kier molecular flexibility index (Phi) is 8.02. The Morgan fingerprint density at radius 2 is 2.00 bits per heavy atom. The second-order valence-corrected chi connectivity index (χ2v) is 11.8. The predicted molar refractivity (Wildman–Crippen MR) is 155 cm³/mol. The molecule has 1 amide bonds. The van der Waals surface area contributed by atoms with E-state index < -0.39 is 5.60 Å². The van der Waals surface area contributed by atoms with E-state index in [0.717, 1.165) is 22.8 Å². The highest BCUT2D eigenvalue weighted by Gasteiger charge is 2.27. The van der Waals surface area contributed by atoms with Crippen LogP contribution in [0.3, 0.4) is 0 Å². The van der Waals surface area contributed by atoms with Gasteiger partial charge in [0, 0.05) is 43.8 Å². The molecule has 3 aromatic heterocycles. The lowest BCUT2D eigenvalue weighted by atomic mass is 10.00. The molecular formula is C29H32FN7O2S. The Morgan fingerprint density at radius 1 is 1.18 bits per heavy atom. The van der Waals surface area contributed by atoms with Crippen LogP contribution in [-0.4, -0.2) is 55.3 Å². The number of benzene rings is 1. The van der Waals surface area contributed by atoms with Crippen molar-refractivity contribution < 1.29 is 13.9 Å². The van der Waals surface area contributed by atoms with Gasteiger partial charge < -0.3 is 15.0 Å². The van der Waals surface area contributed by atoms with Crippen molar-refractivity contribution in [2.45, 2.75) is 52.7 Å². The number of rotatable bonds is 9. The molecule has 0 bridgehead atoms. The summed E-state index contributed by atoms with van der Waals surface area (Å²) in [4.78, 5) is 38.0. The molecule has 11 heteroatoms. The van der Waals surface area contributed by atoms with Crippen LogP contribution in [-0.2, 0) is 24.1 Å². The fourth-order valence-corrected chi connectivity index (χ4v) is 5.34. The number of aliphatic imine (C=N–C) groups is 1. The molecule has 0 saturated heterocycles. The monoisotopic (exact) mass is 561 g/mol. The van der Waals surface area contributed by atoms with Gasteiger partial charge in [0.05, 0.1) is 22.9 Å². The zero-order chi connectivity index (χ0) is 28.3. The molecule has 1 unspecified atom stereocenters. The first kappa shape index (κ1) is 27.6. The standard InChI is InChI=1S/C29H32FN7O2S/c1-18(22-14-19-8-5-6-10-21(19)35-22)16-37(28(38)39-29(2,3)4)13-11-24-36-25-26(33-17-34-27(25)40-24)32-15-23-20(30)9-7-12-31-23/h5-10,12,17-18H,11,13-16H2,1-4H3,(H,32,33,34). The lowest BCUT2D eigenvalue weighted by molar-refractivity contribution is 0.0240. The highest BCUT2D eigenvalue weighted by atomic mass is 32.1. The molecule has 1 aromatic carbocycles. The van der Waals surface area contributed by atoms with Gasteiger partial charge in [0.1, 0.15) is 28.1 Å². The summed E-state index contributed by atoms with van der Waals surface area (Å²) < 4.78 is 19.8. The number of thiazole rings is 1. The van der Waals surface area contributed by atoms with Gasteiger partial charge in [-0.1, -0.05) is 36.5 Å². The van der Waals surface area contributed by atoms with Crippen LogP contribution in [0.5, 0.6) is 0 Å². The minimum absolute atomic E-state index is 0.0592. The van der Waals surface area contributed by atoms with Crippen LogP contribution in [0, 0.1) is 11.7 Å². The zero-order valence-electron chi connectivity index (χ0n) is 23.0. The maximum atomic E-state index is 14.0. The summed E-state index contributed by atoms with van der Waals surface area (Å²) in [6, 6.07) is 11.0. The van der Waals surface area contributed by atoms with Crippen LogP contribution in [0.1, 0.15) is 44.0 Å². The molecule has 1 aliphatic rings. The normalized spacial score (nSPS) is 13.6. The van der Waals surface area contributed by atoms with E-state index in [4.69, 9.17) is 14.7 Å². The largest absolute Gasteiger partial charge is 0.444 e. The molecular weight excluding hydrogens is 529 g/mol. The number of para-hydroxylation sites is 1. The van der Waals surface area contributed by atoms with Crippen LogP contribution in [0.4, 0.5) is 20.7 Å². The first-order valence-corrected chi connectivity index (χ1v) is 14.0. The first-order chi connectivity index (χ1) is 19.2. The number of carbonyl (C=O) groups excluding carboxylic acids is 1. The lowest BCUT2D eigenvalue weighted by Gasteiger charge is -2.29. The third-order valence-corrected chi connectivity index (χ3v) is 7.46. The number of hydrogen-bond donors (Lipinski definition) is 1. The Hall–Kier alpha value is -3.99. The van der Waals surface area contributed by atoms with E-state index in [2.05, 4.69) is 33.3 Å². The van der Waals surface area contributed by atoms with Crippen molar-refractivity contribution in [1.82, 2.24) is 24.8 Å². The van der Waals surface area contributed by atoms with Crippen molar-refractivity contribution in [1.29, 1.82) is 0 Å². The summed E-state index contributed by atoms with van der Waals surface area (Å²) in [5, 5.41) is 3.94. The second-order valence-electron chi connectivity index (χ2n) is 10.8. The van der Waals surface area contributed by atoms with Crippen molar-refractivity contribution in [3.05, 3.63) is 71.0 Å². The Balaban J connectivity index is 1.29. The molecule has 40 heavy (non-hydrogen) atoms. The third-order valence-electron chi connectivity index (χ3n) is 6.44. The van der Waals surface area contributed by atoms with Crippen molar-refractivity contribution in [3.8, 4) is 0 Å². The molecule has 1 aliphatic heterocycles. The van der Waals surface area contributed by atoms with E-state index >= 15 is 0 Å². The number of ether oxygens (including phenoxy) is 1. The number of halogens is 1. The fraction of sp³-hybridized carbons (Fsp3) is 0.379. The second kappa shape index (κ2) is 11.6. The molecule has 9 nitrogen and oxygen atoms in total.